The van der Waals surface area contributed by atoms with Crippen molar-refractivity contribution in [1.29, 1.82) is 0 Å². The van der Waals surface area contributed by atoms with Gasteiger partial charge in [0.2, 0.25) is 16.9 Å². The van der Waals surface area contributed by atoms with E-state index in [0.717, 1.165) is 19.2 Å². The van der Waals surface area contributed by atoms with Gasteiger partial charge in [0.15, 0.2) is 11.5 Å². The van der Waals surface area contributed by atoms with Crippen LogP contribution in [0.1, 0.15) is 0 Å². The molecule has 26 heavy (non-hydrogen) atoms. The van der Waals surface area contributed by atoms with Gasteiger partial charge in [-0.15, -0.1) is 4.52 Å². The first kappa shape index (κ1) is 17.5. The zero-order valence-corrected chi connectivity index (χ0v) is 14.1. The molecule has 1 atom stereocenters. The smallest absolute Gasteiger partial charge is 0.508 e. The van der Waals surface area contributed by atoms with E-state index in [0.29, 0.717) is 0 Å². The molecule has 0 spiro atoms. The van der Waals surface area contributed by atoms with Crippen molar-refractivity contribution < 1.29 is 38.5 Å². The Morgan fingerprint density at radius 2 is 1.77 bits per heavy atom. The van der Waals surface area contributed by atoms with Gasteiger partial charge in [-0.2, -0.15) is 0 Å². The standard InChI is InChI=1S/C16H11O9P/c1-23-26(22)25-11-4-7(2-3-9(11)18)16-15(21)14(20)13-10(19)5-8(17)6-12(13)24-16/h2-6H,1H3,(H3-,17,18,19,20,21)/p+1. The summed E-state index contributed by atoms with van der Waals surface area (Å²) in [6.45, 7) is 0. The number of phenolic OH excluding ortho intramolecular Hbond substituents is 3. The zero-order valence-electron chi connectivity index (χ0n) is 13.2. The Morgan fingerprint density at radius 1 is 1.04 bits per heavy atom. The number of fused-ring (bicyclic) bond motifs is 1. The number of hydrogen-bond acceptors (Lipinski definition) is 9. The van der Waals surface area contributed by atoms with Crippen molar-refractivity contribution in [3.05, 3.63) is 40.6 Å². The Balaban J connectivity index is 2.23. The number of rotatable bonds is 4. The molecule has 0 saturated heterocycles. The van der Waals surface area contributed by atoms with E-state index < -0.39 is 25.2 Å². The Hall–Kier alpha value is -3.29. The summed E-state index contributed by atoms with van der Waals surface area (Å²) in [5.41, 5.74) is -0.979. The van der Waals surface area contributed by atoms with Crippen LogP contribution >= 0.6 is 8.25 Å². The maximum Gasteiger partial charge on any atom is 0.750 e. The van der Waals surface area contributed by atoms with Gasteiger partial charge in [-0.25, -0.2) is 4.52 Å². The van der Waals surface area contributed by atoms with Crippen molar-refractivity contribution in [1.82, 2.24) is 0 Å². The van der Waals surface area contributed by atoms with Gasteiger partial charge in [0.25, 0.3) is 0 Å². The molecule has 0 aliphatic heterocycles. The molecule has 134 valence electrons. The maximum atomic E-state index is 12.3. The molecule has 3 rings (SSSR count). The van der Waals surface area contributed by atoms with Crippen molar-refractivity contribution in [2.75, 3.05) is 7.11 Å². The molecule has 9 nitrogen and oxygen atoms in total. The van der Waals surface area contributed by atoms with Crippen LogP contribution in [0.3, 0.4) is 0 Å². The van der Waals surface area contributed by atoms with Crippen molar-refractivity contribution in [3.8, 4) is 40.1 Å². The van der Waals surface area contributed by atoms with Crippen LogP contribution in [0.25, 0.3) is 22.3 Å². The second kappa shape index (κ2) is 6.55. The van der Waals surface area contributed by atoms with E-state index in [1.807, 2.05) is 0 Å². The topological polar surface area (TPSA) is 147 Å². The fourth-order valence-electron chi connectivity index (χ4n) is 2.32. The molecular formula is C16H12O9P+. The van der Waals surface area contributed by atoms with Gasteiger partial charge in [0, 0.05) is 28.3 Å². The summed E-state index contributed by atoms with van der Waals surface area (Å²) in [6, 6.07) is 5.70. The zero-order chi connectivity index (χ0) is 19.0. The quantitative estimate of drug-likeness (QED) is 0.502. The number of phenols is 3. The van der Waals surface area contributed by atoms with E-state index in [1.165, 1.54) is 18.2 Å². The highest BCUT2D eigenvalue weighted by Gasteiger charge is 2.24. The first-order valence-electron chi connectivity index (χ1n) is 7.06. The van der Waals surface area contributed by atoms with Crippen molar-refractivity contribution >= 4 is 19.2 Å². The van der Waals surface area contributed by atoms with Gasteiger partial charge >= 0.3 is 8.25 Å². The molecule has 1 aromatic heterocycles. The largest absolute Gasteiger partial charge is 0.750 e. The maximum absolute atomic E-state index is 12.3. The lowest BCUT2D eigenvalue weighted by Crippen LogP contribution is -2.03. The number of aromatic hydroxyl groups is 4. The second-order valence-corrected chi connectivity index (χ2v) is 6.12. The van der Waals surface area contributed by atoms with E-state index >= 15 is 0 Å². The highest BCUT2D eigenvalue weighted by molar-refractivity contribution is 7.33. The van der Waals surface area contributed by atoms with Crippen LogP contribution in [-0.2, 0) is 9.09 Å². The molecule has 0 bridgehead atoms. The lowest BCUT2D eigenvalue weighted by molar-refractivity contribution is 0.341. The van der Waals surface area contributed by atoms with E-state index in [9.17, 15) is 29.8 Å². The third kappa shape index (κ3) is 3.01. The predicted octanol–water partition coefficient (Wildman–Crippen LogP) is 2.97. The summed E-state index contributed by atoms with van der Waals surface area (Å²) in [5.74, 6) is -2.58. The number of benzene rings is 2. The number of hydrogen-bond donors (Lipinski definition) is 4. The van der Waals surface area contributed by atoms with Crippen LogP contribution in [0, 0.1) is 0 Å². The van der Waals surface area contributed by atoms with Crippen LogP contribution in [0.15, 0.2) is 39.5 Å². The normalized spacial score (nSPS) is 11.5. The fourth-order valence-corrected chi connectivity index (χ4v) is 2.70. The predicted molar refractivity (Wildman–Crippen MR) is 89.8 cm³/mol. The molecule has 0 aliphatic carbocycles. The van der Waals surface area contributed by atoms with E-state index in [1.54, 1.807) is 0 Å². The van der Waals surface area contributed by atoms with Gasteiger partial charge in [-0.3, -0.25) is 4.79 Å². The molecule has 0 saturated carbocycles. The molecule has 0 radical (unpaired) electrons. The fraction of sp³-hybridized carbons (Fsp3) is 0.0625. The highest BCUT2D eigenvalue weighted by atomic mass is 31.1. The van der Waals surface area contributed by atoms with E-state index in [2.05, 4.69) is 4.52 Å². The first-order valence-corrected chi connectivity index (χ1v) is 8.16. The molecule has 1 heterocycles. The van der Waals surface area contributed by atoms with Gasteiger partial charge < -0.3 is 24.8 Å². The van der Waals surface area contributed by atoms with Crippen LogP contribution in [0.2, 0.25) is 0 Å². The van der Waals surface area contributed by atoms with E-state index in [-0.39, 0.29) is 39.5 Å². The minimum atomic E-state index is -2.53. The summed E-state index contributed by atoms with van der Waals surface area (Å²) < 4.78 is 26.2. The van der Waals surface area contributed by atoms with Gasteiger partial charge in [-0.05, 0) is 12.1 Å². The van der Waals surface area contributed by atoms with Gasteiger partial charge in [0.05, 0.1) is 7.11 Å². The van der Waals surface area contributed by atoms with Gasteiger partial charge in [0.1, 0.15) is 22.5 Å². The van der Waals surface area contributed by atoms with Crippen molar-refractivity contribution in [2.24, 2.45) is 0 Å². The minimum Gasteiger partial charge on any atom is -0.508 e. The molecule has 10 heteroatoms. The Kier molecular flexibility index (Phi) is 4.41. The average molecular weight is 379 g/mol. The summed E-state index contributed by atoms with van der Waals surface area (Å²) in [6.07, 6.45) is 0. The SMILES string of the molecule is CO[P+](=O)Oc1cc(-c2oc3cc(O)cc(O)c3c(=O)c2O)ccc1O. The molecule has 0 amide bonds. The summed E-state index contributed by atoms with van der Waals surface area (Å²) in [7, 11) is -1.39. The van der Waals surface area contributed by atoms with Crippen molar-refractivity contribution in [3.63, 3.8) is 0 Å². The molecule has 2 aromatic carbocycles. The van der Waals surface area contributed by atoms with Crippen LogP contribution in [0.4, 0.5) is 0 Å². The minimum absolute atomic E-state index is 0.108. The Morgan fingerprint density at radius 3 is 2.46 bits per heavy atom. The Bertz CT molecular complexity index is 1090. The first-order chi connectivity index (χ1) is 12.3. The summed E-state index contributed by atoms with van der Waals surface area (Å²) >= 11 is 0. The van der Waals surface area contributed by atoms with Gasteiger partial charge in [-0.1, -0.05) is 0 Å². The second-order valence-electron chi connectivity index (χ2n) is 5.13. The molecule has 0 fully saturated rings. The third-order valence-electron chi connectivity index (χ3n) is 3.48. The molecule has 0 aliphatic rings. The molecule has 1 unspecified atom stereocenters. The molecule has 4 N–H and O–H groups in total. The third-order valence-corrected chi connectivity index (χ3v) is 4.12. The van der Waals surface area contributed by atoms with Crippen LogP contribution < -0.4 is 9.95 Å². The van der Waals surface area contributed by atoms with Crippen LogP contribution in [-0.4, -0.2) is 27.5 Å². The van der Waals surface area contributed by atoms with Crippen molar-refractivity contribution in [2.45, 2.75) is 0 Å². The van der Waals surface area contributed by atoms with Crippen LogP contribution in [0.5, 0.6) is 28.7 Å². The Labute approximate surface area is 146 Å². The lowest BCUT2D eigenvalue weighted by Gasteiger charge is -2.08. The summed E-state index contributed by atoms with van der Waals surface area (Å²) in [4.78, 5) is 12.3. The molecular weight excluding hydrogens is 367 g/mol. The van der Waals surface area contributed by atoms with E-state index in [4.69, 9.17) is 8.94 Å². The average Bonchev–Trinajstić information content (AvgIpc) is 2.59. The highest BCUT2D eigenvalue weighted by Crippen LogP contribution is 2.40. The monoisotopic (exact) mass is 379 g/mol. The summed E-state index contributed by atoms with van der Waals surface area (Å²) in [5, 5.41) is 39.0. The lowest BCUT2D eigenvalue weighted by atomic mass is 10.1. The molecule has 3 aromatic rings.